The van der Waals surface area contributed by atoms with Crippen LogP contribution in [0.4, 0.5) is 10.1 Å². The fourth-order valence-electron chi connectivity index (χ4n) is 4.30. The molecule has 0 amide bonds. The van der Waals surface area contributed by atoms with Gasteiger partial charge in [-0.15, -0.1) is 0 Å². The lowest BCUT2D eigenvalue weighted by atomic mass is 9.90. The van der Waals surface area contributed by atoms with Crippen molar-refractivity contribution in [2.24, 2.45) is 0 Å². The largest absolute Gasteiger partial charge is 0.480 e. The maximum Gasteiger partial charge on any atom is 0.267 e. The molecule has 0 atom stereocenters. The quantitative estimate of drug-likeness (QED) is 0.402. The minimum Gasteiger partial charge on any atom is -0.480 e. The topological polar surface area (TPSA) is 97.0 Å². The number of anilines is 1. The number of hydrogen-bond donors (Lipinski definition) is 2. The number of methoxy groups -OCH3 is 1. The number of nitrogens with zero attached hydrogens (tertiary/aromatic N) is 2. The van der Waals surface area contributed by atoms with E-state index in [0.717, 1.165) is 22.5 Å². The number of pyridine rings is 1. The summed E-state index contributed by atoms with van der Waals surface area (Å²) in [5.74, 6) is 0.239. The zero-order chi connectivity index (χ0) is 26.2. The van der Waals surface area contributed by atoms with E-state index in [-0.39, 0.29) is 21.5 Å². The third-order valence-corrected chi connectivity index (χ3v) is 7.68. The van der Waals surface area contributed by atoms with Gasteiger partial charge in [0.1, 0.15) is 11.6 Å². The molecule has 2 aliphatic rings. The lowest BCUT2D eigenvalue weighted by Crippen LogP contribution is -2.16. The Bertz CT molecular complexity index is 1650. The molecule has 188 valence electrons. The fraction of sp³-hybridized carbons (Fsp3) is 0.111. The fourth-order valence-corrected chi connectivity index (χ4v) is 5.79. The summed E-state index contributed by atoms with van der Waals surface area (Å²) in [5, 5.41) is 0.139. The first-order chi connectivity index (χ1) is 17.8. The molecule has 0 unspecified atom stereocenters. The molecule has 0 bridgehead atoms. The van der Waals surface area contributed by atoms with Crippen molar-refractivity contribution in [3.05, 3.63) is 112 Å². The van der Waals surface area contributed by atoms with E-state index in [1.807, 2.05) is 36.5 Å². The van der Waals surface area contributed by atoms with Crippen molar-refractivity contribution < 1.29 is 17.5 Å². The Morgan fingerprint density at radius 2 is 1.97 bits per heavy atom. The average Bonchev–Trinajstić information content (AvgIpc) is 3.33. The second-order valence-electron chi connectivity index (χ2n) is 8.44. The SMILES string of the molecule is COc1ncc(Cl)cc1S(=O)(=O)Nc1ccc(F)c(C2=CC3=CC=C(c4ncc[nH]4)CC3=CC=C2)c1C. The number of benzene rings is 1. The Kier molecular flexibility index (Phi) is 6.57. The van der Waals surface area contributed by atoms with Crippen LogP contribution in [0.3, 0.4) is 0 Å². The van der Waals surface area contributed by atoms with Gasteiger partial charge in [-0.25, -0.2) is 22.8 Å². The van der Waals surface area contributed by atoms with E-state index in [0.29, 0.717) is 23.1 Å². The van der Waals surface area contributed by atoms with Gasteiger partial charge in [0.15, 0.2) is 4.90 Å². The molecule has 0 aliphatic heterocycles. The molecule has 0 saturated carbocycles. The number of hydrogen-bond acceptors (Lipinski definition) is 5. The van der Waals surface area contributed by atoms with Crippen LogP contribution in [0.1, 0.15) is 23.4 Å². The van der Waals surface area contributed by atoms with E-state index in [4.69, 9.17) is 16.3 Å². The smallest absolute Gasteiger partial charge is 0.267 e. The van der Waals surface area contributed by atoms with E-state index in [1.165, 1.54) is 31.5 Å². The van der Waals surface area contributed by atoms with Gasteiger partial charge in [-0.1, -0.05) is 42.0 Å². The van der Waals surface area contributed by atoms with Crippen LogP contribution in [0.15, 0.2) is 89.3 Å². The van der Waals surface area contributed by atoms with Gasteiger partial charge in [0, 0.05) is 30.6 Å². The zero-order valence-corrected chi connectivity index (χ0v) is 21.5. The van der Waals surface area contributed by atoms with E-state index in [2.05, 4.69) is 19.7 Å². The molecule has 7 nitrogen and oxygen atoms in total. The van der Waals surface area contributed by atoms with E-state index >= 15 is 4.39 Å². The van der Waals surface area contributed by atoms with Crippen molar-refractivity contribution in [1.82, 2.24) is 15.0 Å². The predicted molar refractivity (Wildman–Crippen MR) is 142 cm³/mol. The predicted octanol–water partition coefficient (Wildman–Crippen LogP) is 6.01. The van der Waals surface area contributed by atoms with Crippen LogP contribution in [0.5, 0.6) is 5.88 Å². The monoisotopic (exact) mass is 536 g/mol. The molecule has 2 aliphatic carbocycles. The Morgan fingerprint density at radius 1 is 1.14 bits per heavy atom. The molecule has 2 heterocycles. The molecule has 3 aromatic rings. The van der Waals surface area contributed by atoms with E-state index < -0.39 is 15.8 Å². The highest BCUT2D eigenvalue weighted by Gasteiger charge is 2.24. The second kappa shape index (κ2) is 9.84. The molecular formula is C27H22ClFN4O3S. The van der Waals surface area contributed by atoms with Gasteiger partial charge in [0.25, 0.3) is 10.0 Å². The van der Waals surface area contributed by atoms with E-state index in [1.54, 1.807) is 19.3 Å². The summed E-state index contributed by atoms with van der Waals surface area (Å²) in [6, 6.07) is 3.88. The number of rotatable bonds is 6. The summed E-state index contributed by atoms with van der Waals surface area (Å²) in [7, 11) is -2.82. The van der Waals surface area contributed by atoms with Gasteiger partial charge in [0.05, 0.1) is 17.8 Å². The van der Waals surface area contributed by atoms with Crippen LogP contribution in [-0.4, -0.2) is 30.5 Å². The summed E-state index contributed by atoms with van der Waals surface area (Å²) in [6.07, 6.45) is 17.0. The van der Waals surface area contributed by atoms with Crippen molar-refractivity contribution in [2.75, 3.05) is 11.8 Å². The van der Waals surface area contributed by atoms with Crippen LogP contribution in [0.2, 0.25) is 5.02 Å². The van der Waals surface area contributed by atoms with Gasteiger partial charge in [0.2, 0.25) is 5.88 Å². The first-order valence-corrected chi connectivity index (χ1v) is 13.1. The molecule has 37 heavy (non-hydrogen) atoms. The summed E-state index contributed by atoms with van der Waals surface area (Å²) < 4.78 is 49.2. The van der Waals surface area contributed by atoms with Crippen molar-refractivity contribution in [2.45, 2.75) is 18.2 Å². The Hall–Kier alpha value is -3.95. The van der Waals surface area contributed by atoms with Crippen LogP contribution >= 0.6 is 11.6 Å². The number of allylic oxidation sites excluding steroid dienone is 10. The molecular weight excluding hydrogens is 515 g/mol. The van der Waals surface area contributed by atoms with Gasteiger partial charge in [-0.3, -0.25) is 4.72 Å². The number of ether oxygens (including phenoxy) is 1. The summed E-state index contributed by atoms with van der Waals surface area (Å²) >= 11 is 5.98. The second-order valence-corrected chi connectivity index (χ2v) is 10.5. The average molecular weight is 537 g/mol. The molecule has 2 aromatic heterocycles. The first kappa shape index (κ1) is 24.7. The van der Waals surface area contributed by atoms with Gasteiger partial charge >= 0.3 is 0 Å². The summed E-state index contributed by atoms with van der Waals surface area (Å²) in [4.78, 5) is 11.2. The van der Waals surface area contributed by atoms with Crippen molar-refractivity contribution in [3.63, 3.8) is 0 Å². The zero-order valence-electron chi connectivity index (χ0n) is 19.9. The molecule has 1 aromatic carbocycles. The lowest BCUT2D eigenvalue weighted by Gasteiger charge is -2.17. The summed E-state index contributed by atoms with van der Waals surface area (Å²) in [6.45, 7) is 1.67. The lowest BCUT2D eigenvalue weighted by molar-refractivity contribution is 0.385. The van der Waals surface area contributed by atoms with Gasteiger partial charge in [-0.05, 0) is 59.1 Å². The van der Waals surface area contributed by atoms with Crippen LogP contribution in [0.25, 0.3) is 11.1 Å². The number of fused-ring (bicyclic) bond motifs is 1. The maximum atomic E-state index is 15.2. The van der Waals surface area contributed by atoms with Crippen molar-refractivity contribution in [1.29, 1.82) is 0 Å². The van der Waals surface area contributed by atoms with Crippen LogP contribution < -0.4 is 9.46 Å². The highest BCUT2D eigenvalue weighted by molar-refractivity contribution is 7.92. The number of halogens is 2. The first-order valence-electron chi connectivity index (χ1n) is 11.3. The Morgan fingerprint density at radius 3 is 2.73 bits per heavy atom. The molecule has 0 radical (unpaired) electrons. The number of H-pyrrole nitrogens is 1. The van der Waals surface area contributed by atoms with Crippen LogP contribution in [-0.2, 0) is 10.0 Å². The Labute approximate surface area is 218 Å². The van der Waals surface area contributed by atoms with Crippen molar-refractivity contribution in [3.8, 4) is 5.88 Å². The molecule has 0 fully saturated rings. The highest BCUT2D eigenvalue weighted by atomic mass is 35.5. The highest BCUT2D eigenvalue weighted by Crippen LogP contribution is 2.37. The third-order valence-electron chi connectivity index (χ3n) is 6.12. The molecule has 0 saturated heterocycles. The standard InChI is InChI=1S/C27H22ClFN4O3S/c1-16-23(33-37(34,35)24-14-21(28)15-32-27(24)36-2)9-8-22(29)25(16)19-5-3-4-17-13-20(7-6-18(17)12-19)26-30-10-11-31-26/h3-12,14-15,33H,13H2,1-2H3,(H,30,31). The summed E-state index contributed by atoms with van der Waals surface area (Å²) in [5.41, 5.74) is 4.62. The van der Waals surface area contributed by atoms with E-state index in [9.17, 15) is 8.42 Å². The molecule has 10 heteroatoms. The number of aromatic nitrogens is 3. The van der Waals surface area contributed by atoms with Crippen molar-refractivity contribution >= 4 is 38.5 Å². The number of imidazole rings is 1. The number of aromatic amines is 1. The third kappa shape index (κ3) is 4.87. The van der Waals surface area contributed by atoms with Gasteiger partial charge < -0.3 is 9.72 Å². The normalized spacial score (nSPS) is 15.1. The maximum absolute atomic E-state index is 15.2. The minimum absolute atomic E-state index is 0.101. The van der Waals surface area contributed by atoms with Gasteiger partial charge in [-0.2, -0.15) is 0 Å². The minimum atomic E-state index is -4.14. The molecule has 0 spiro atoms. The number of nitrogens with one attached hydrogen (secondary N) is 2. The molecule has 5 rings (SSSR count). The Balaban J connectivity index is 1.52. The number of sulfonamides is 1. The molecule has 2 N–H and O–H groups in total. The van der Waals surface area contributed by atoms with Crippen LogP contribution in [0, 0.1) is 12.7 Å².